The number of phenolic OH excluding ortho intramolecular Hbond substituents is 1. The Morgan fingerprint density at radius 2 is 1.95 bits per heavy atom. The van der Waals surface area contributed by atoms with Crippen molar-refractivity contribution in [2.75, 3.05) is 0 Å². The molecule has 21 heavy (non-hydrogen) atoms. The highest BCUT2D eigenvalue weighted by atomic mass is 16.3. The highest BCUT2D eigenvalue weighted by molar-refractivity contribution is 5.51. The van der Waals surface area contributed by atoms with E-state index in [1.165, 1.54) is 16.7 Å². The van der Waals surface area contributed by atoms with E-state index in [0.29, 0.717) is 11.7 Å². The Labute approximate surface area is 127 Å². The van der Waals surface area contributed by atoms with Crippen molar-refractivity contribution in [1.29, 1.82) is 0 Å². The molecule has 1 aliphatic carbocycles. The summed E-state index contributed by atoms with van der Waals surface area (Å²) in [5.41, 5.74) is 6.36. The fraction of sp³-hybridized carbons (Fsp3) is 0.400. The van der Waals surface area contributed by atoms with Crippen LogP contribution >= 0.6 is 0 Å². The molecular weight excluding hydrogens is 256 g/mol. The van der Waals surface area contributed by atoms with E-state index in [9.17, 15) is 5.11 Å². The first-order chi connectivity index (χ1) is 10.2. The Bertz CT molecular complexity index is 642. The van der Waals surface area contributed by atoms with Crippen LogP contribution in [0.25, 0.3) is 0 Å². The first-order valence-electron chi connectivity index (χ1n) is 8.11. The molecule has 0 fully saturated rings. The SMILES string of the molecule is CCCCc1cc(C)cc(C2CCc3ccccc32)c1O. The Kier molecular flexibility index (Phi) is 4.01. The average molecular weight is 280 g/mol. The third-order valence-corrected chi connectivity index (χ3v) is 4.67. The largest absolute Gasteiger partial charge is 0.507 e. The minimum absolute atomic E-state index is 0.362. The molecule has 0 amide bonds. The van der Waals surface area contributed by atoms with E-state index in [2.05, 4.69) is 50.2 Å². The molecule has 0 saturated carbocycles. The number of aromatic hydroxyl groups is 1. The molecule has 1 atom stereocenters. The maximum atomic E-state index is 10.7. The van der Waals surface area contributed by atoms with Crippen molar-refractivity contribution >= 4 is 0 Å². The van der Waals surface area contributed by atoms with Gasteiger partial charge in [-0.3, -0.25) is 0 Å². The molecule has 0 aliphatic heterocycles. The fourth-order valence-corrected chi connectivity index (χ4v) is 3.59. The van der Waals surface area contributed by atoms with Crippen LogP contribution < -0.4 is 0 Å². The van der Waals surface area contributed by atoms with Gasteiger partial charge in [-0.2, -0.15) is 0 Å². The summed E-state index contributed by atoms with van der Waals surface area (Å²) in [7, 11) is 0. The van der Waals surface area contributed by atoms with Gasteiger partial charge in [-0.25, -0.2) is 0 Å². The Balaban J connectivity index is 2.01. The summed E-state index contributed by atoms with van der Waals surface area (Å²) in [5.74, 6) is 0.900. The number of aryl methyl sites for hydroxylation is 3. The molecule has 0 bridgehead atoms. The summed E-state index contributed by atoms with van der Waals surface area (Å²) in [6.45, 7) is 4.33. The van der Waals surface area contributed by atoms with Gasteiger partial charge in [0.1, 0.15) is 5.75 Å². The lowest BCUT2D eigenvalue weighted by Crippen LogP contribution is -2.00. The molecule has 1 N–H and O–H groups in total. The number of phenols is 1. The molecule has 110 valence electrons. The number of rotatable bonds is 4. The third-order valence-electron chi connectivity index (χ3n) is 4.67. The zero-order valence-electron chi connectivity index (χ0n) is 13.0. The van der Waals surface area contributed by atoms with Crippen molar-refractivity contribution in [3.63, 3.8) is 0 Å². The quantitative estimate of drug-likeness (QED) is 0.824. The maximum Gasteiger partial charge on any atom is 0.122 e. The maximum absolute atomic E-state index is 10.7. The zero-order valence-corrected chi connectivity index (χ0v) is 13.0. The van der Waals surface area contributed by atoms with Crippen molar-refractivity contribution in [1.82, 2.24) is 0 Å². The van der Waals surface area contributed by atoms with Gasteiger partial charge in [0.15, 0.2) is 0 Å². The standard InChI is InChI=1S/C20H24O/c1-3-4-7-16-12-14(2)13-19(20(16)21)18-11-10-15-8-5-6-9-17(15)18/h5-6,8-9,12-13,18,21H,3-4,7,10-11H2,1-2H3. The van der Waals surface area contributed by atoms with Crippen molar-refractivity contribution in [3.05, 3.63) is 64.2 Å². The molecule has 1 aliphatic rings. The second-order valence-electron chi connectivity index (χ2n) is 6.26. The minimum atomic E-state index is 0.362. The predicted octanol–water partition coefficient (Wildman–Crippen LogP) is 5.12. The number of fused-ring (bicyclic) bond motifs is 1. The molecule has 1 unspecified atom stereocenters. The smallest absolute Gasteiger partial charge is 0.122 e. The number of benzene rings is 2. The summed E-state index contributed by atoms with van der Waals surface area (Å²) in [6, 6.07) is 13.0. The van der Waals surface area contributed by atoms with Gasteiger partial charge < -0.3 is 5.11 Å². The fourth-order valence-electron chi connectivity index (χ4n) is 3.59. The number of unbranched alkanes of at least 4 members (excludes halogenated alkanes) is 1. The van der Waals surface area contributed by atoms with Gasteiger partial charge in [0.25, 0.3) is 0 Å². The van der Waals surface area contributed by atoms with Gasteiger partial charge in [-0.05, 0) is 49.3 Å². The molecule has 3 rings (SSSR count). The molecule has 1 heteroatoms. The second kappa shape index (κ2) is 5.93. The van der Waals surface area contributed by atoms with Crippen molar-refractivity contribution in [2.24, 2.45) is 0 Å². The summed E-state index contributed by atoms with van der Waals surface area (Å²) >= 11 is 0. The lowest BCUT2D eigenvalue weighted by atomic mass is 9.88. The van der Waals surface area contributed by atoms with Crippen molar-refractivity contribution in [3.8, 4) is 5.75 Å². The van der Waals surface area contributed by atoms with E-state index in [1.807, 2.05) is 0 Å². The summed E-state index contributed by atoms with van der Waals surface area (Å²) in [6.07, 6.45) is 5.51. The number of hydrogen-bond acceptors (Lipinski definition) is 1. The van der Waals surface area contributed by atoms with Crippen LogP contribution in [-0.2, 0) is 12.8 Å². The van der Waals surface area contributed by atoms with Gasteiger partial charge in [-0.15, -0.1) is 0 Å². The minimum Gasteiger partial charge on any atom is -0.507 e. The van der Waals surface area contributed by atoms with Crippen molar-refractivity contribution in [2.45, 2.75) is 51.9 Å². The summed E-state index contributed by atoms with van der Waals surface area (Å²) in [5, 5.41) is 10.7. The van der Waals surface area contributed by atoms with Crippen LogP contribution in [0.15, 0.2) is 36.4 Å². The Morgan fingerprint density at radius 3 is 2.76 bits per heavy atom. The Hall–Kier alpha value is -1.76. The molecule has 0 heterocycles. The second-order valence-corrected chi connectivity index (χ2v) is 6.26. The first kappa shape index (κ1) is 14.2. The van der Waals surface area contributed by atoms with Gasteiger partial charge in [0, 0.05) is 11.5 Å². The molecule has 0 aromatic heterocycles. The molecule has 1 nitrogen and oxygen atoms in total. The van der Waals surface area contributed by atoms with E-state index in [4.69, 9.17) is 0 Å². The van der Waals surface area contributed by atoms with E-state index >= 15 is 0 Å². The summed E-state index contributed by atoms with van der Waals surface area (Å²) in [4.78, 5) is 0. The lowest BCUT2D eigenvalue weighted by molar-refractivity contribution is 0.456. The van der Waals surface area contributed by atoms with Crippen LogP contribution in [-0.4, -0.2) is 5.11 Å². The van der Waals surface area contributed by atoms with Crippen LogP contribution in [0.2, 0.25) is 0 Å². The molecule has 2 aromatic carbocycles. The van der Waals surface area contributed by atoms with Gasteiger partial charge >= 0.3 is 0 Å². The third kappa shape index (κ3) is 2.70. The van der Waals surface area contributed by atoms with Crippen LogP contribution in [0.3, 0.4) is 0 Å². The molecule has 0 saturated heterocycles. The highest BCUT2D eigenvalue weighted by Crippen LogP contribution is 2.43. The average Bonchev–Trinajstić information content (AvgIpc) is 2.91. The normalized spacial score (nSPS) is 17.0. The van der Waals surface area contributed by atoms with Crippen LogP contribution in [0, 0.1) is 6.92 Å². The summed E-state index contributed by atoms with van der Waals surface area (Å²) < 4.78 is 0. The monoisotopic (exact) mass is 280 g/mol. The topological polar surface area (TPSA) is 20.2 Å². The Morgan fingerprint density at radius 1 is 1.14 bits per heavy atom. The van der Waals surface area contributed by atoms with Gasteiger partial charge in [0.05, 0.1) is 0 Å². The van der Waals surface area contributed by atoms with Gasteiger partial charge in [-0.1, -0.05) is 55.3 Å². The number of hydrogen-bond donors (Lipinski definition) is 1. The predicted molar refractivity (Wildman–Crippen MR) is 88.1 cm³/mol. The van der Waals surface area contributed by atoms with E-state index in [0.717, 1.165) is 43.2 Å². The lowest BCUT2D eigenvalue weighted by Gasteiger charge is -2.17. The van der Waals surface area contributed by atoms with Gasteiger partial charge in [0.2, 0.25) is 0 Å². The van der Waals surface area contributed by atoms with Crippen LogP contribution in [0.1, 0.15) is 59.9 Å². The van der Waals surface area contributed by atoms with Crippen LogP contribution in [0.5, 0.6) is 5.75 Å². The molecule has 0 radical (unpaired) electrons. The van der Waals surface area contributed by atoms with E-state index < -0.39 is 0 Å². The first-order valence-corrected chi connectivity index (χ1v) is 8.11. The molecule has 2 aromatic rings. The molecular formula is C20H24O. The van der Waals surface area contributed by atoms with E-state index in [1.54, 1.807) is 0 Å². The van der Waals surface area contributed by atoms with E-state index in [-0.39, 0.29) is 0 Å². The highest BCUT2D eigenvalue weighted by Gasteiger charge is 2.26. The zero-order chi connectivity index (χ0) is 14.8. The molecule has 0 spiro atoms. The van der Waals surface area contributed by atoms with Crippen LogP contribution in [0.4, 0.5) is 0 Å². The van der Waals surface area contributed by atoms with Crippen molar-refractivity contribution < 1.29 is 5.11 Å².